The molecule has 1 atom stereocenters. The third kappa shape index (κ3) is 3.56. The maximum atomic E-state index is 12.5. The molecule has 0 unspecified atom stereocenters. The highest BCUT2D eigenvalue weighted by atomic mass is 32.2. The fraction of sp³-hybridized carbons (Fsp3) is 0.357. The second-order valence-corrected chi connectivity index (χ2v) is 9.55. The van der Waals surface area contributed by atoms with Crippen molar-refractivity contribution in [3.05, 3.63) is 42.5 Å². The highest BCUT2D eigenvalue weighted by molar-refractivity contribution is 7.96. The van der Waals surface area contributed by atoms with Gasteiger partial charge in [0.2, 0.25) is 0 Å². The summed E-state index contributed by atoms with van der Waals surface area (Å²) in [5.74, 6) is -0.880. The van der Waals surface area contributed by atoms with Gasteiger partial charge in [0.05, 0.1) is 21.7 Å². The number of nitrogens with one attached hydrogen (secondary N) is 1. The standard InChI is InChI=1S/C14H17NO5S2/c1-2-7-15-14(16)11-4-3-5-12(9-11)22(19,20)13-6-8-21(17,18)10-13/h2-5,9,13H,1,6-8,10H2,(H,15,16)/t13-/m0/s1. The van der Waals surface area contributed by atoms with Crippen LogP contribution in [0.4, 0.5) is 0 Å². The molecule has 1 aromatic rings. The fourth-order valence-corrected chi connectivity index (χ4v) is 6.68. The summed E-state index contributed by atoms with van der Waals surface area (Å²) in [7, 11) is -7.06. The maximum absolute atomic E-state index is 12.5. The number of rotatable bonds is 5. The molecule has 1 N–H and O–H groups in total. The zero-order chi connectivity index (χ0) is 16.4. The van der Waals surface area contributed by atoms with Crippen LogP contribution in [0.1, 0.15) is 16.8 Å². The molecule has 1 fully saturated rings. The van der Waals surface area contributed by atoms with Crippen LogP contribution in [0.25, 0.3) is 0 Å². The van der Waals surface area contributed by atoms with Crippen LogP contribution < -0.4 is 5.32 Å². The molecule has 1 heterocycles. The van der Waals surface area contributed by atoms with Gasteiger partial charge in [-0.25, -0.2) is 16.8 Å². The zero-order valence-electron chi connectivity index (χ0n) is 11.9. The summed E-state index contributed by atoms with van der Waals surface area (Å²) in [4.78, 5) is 11.8. The summed E-state index contributed by atoms with van der Waals surface area (Å²) in [6.45, 7) is 3.76. The van der Waals surface area contributed by atoms with Crippen LogP contribution in [0.15, 0.2) is 41.8 Å². The number of carbonyl (C=O) groups excluding carboxylic acids is 1. The molecule has 22 heavy (non-hydrogen) atoms. The number of hydrogen-bond acceptors (Lipinski definition) is 5. The lowest BCUT2D eigenvalue weighted by molar-refractivity contribution is 0.0958. The minimum atomic E-state index is -3.77. The van der Waals surface area contributed by atoms with E-state index in [1.165, 1.54) is 30.3 Å². The third-order valence-electron chi connectivity index (χ3n) is 3.46. The Morgan fingerprint density at radius 3 is 2.73 bits per heavy atom. The first-order valence-corrected chi connectivity index (χ1v) is 10.1. The van der Waals surface area contributed by atoms with E-state index >= 15 is 0 Å². The topological polar surface area (TPSA) is 97.4 Å². The van der Waals surface area contributed by atoms with Crippen molar-refractivity contribution >= 4 is 25.6 Å². The van der Waals surface area contributed by atoms with Gasteiger partial charge in [0.25, 0.3) is 5.91 Å². The molecular formula is C14H17NO5S2. The van der Waals surface area contributed by atoms with Crippen LogP contribution in [-0.2, 0) is 19.7 Å². The van der Waals surface area contributed by atoms with Crippen molar-refractivity contribution in [3.8, 4) is 0 Å². The molecule has 2 rings (SSSR count). The van der Waals surface area contributed by atoms with E-state index in [9.17, 15) is 21.6 Å². The molecule has 6 nitrogen and oxygen atoms in total. The minimum Gasteiger partial charge on any atom is -0.349 e. The van der Waals surface area contributed by atoms with E-state index in [1.807, 2.05) is 0 Å². The Bertz CT molecular complexity index is 796. The van der Waals surface area contributed by atoms with E-state index in [-0.39, 0.29) is 34.9 Å². The average Bonchev–Trinajstić information content (AvgIpc) is 2.85. The molecule has 8 heteroatoms. The summed E-state index contributed by atoms with van der Waals surface area (Å²) in [5.41, 5.74) is 0.212. The van der Waals surface area contributed by atoms with Crippen LogP contribution >= 0.6 is 0 Å². The first kappa shape index (κ1) is 16.7. The van der Waals surface area contributed by atoms with Gasteiger partial charge < -0.3 is 5.32 Å². The van der Waals surface area contributed by atoms with E-state index in [2.05, 4.69) is 11.9 Å². The average molecular weight is 343 g/mol. The lowest BCUT2D eigenvalue weighted by atomic mass is 10.2. The van der Waals surface area contributed by atoms with Gasteiger partial charge in [-0.1, -0.05) is 12.1 Å². The molecule has 1 saturated heterocycles. The normalized spacial score (nSPS) is 20.5. The van der Waals surface area contributed by atoms with E-state index in [0.717, 1.165) is 0 Å². The van der Waals surface area contributed by atoms with E-state index in [4.69, 9.17) is 0 Å². The van der Waals surface area contributed by atoms with Crippen molar-refractivity contribution in [1.82, 2.24) is 5.32 Å². The molecule has 1 amide bonds. The zero-order valence-corrected chi connectivity index (χ0v) is 13.5. The van der Waals surface area contributed by atoms with Gasteiger partial charge in [-0.3, -0.25) is 4.79 Å². The van der Waals surface area contributed by atoms with Crippen LogP contribution in [0.2, 0.25) is 0 Å². The van der Waals surface area contributed by atoms with E-state index in [0.29, 0.717) is 0 Å². The van der Waals surface area contributed by atoms with Gasteiger partial charge in [-0.15, -0.1) is 6.58 Å². The van der Waals surface area contributed by atoms with Crippen molar-refractivity contribution in [2.24, 2.45) is 0 Å². The Balaban J connectivity index is 2.29. The Hall–Kier alpha value is -1.67. The van der Waals surface area contributed by atoms with Crippen LogP contribution in [0, 0.1) is 0 Å². The number of benzene rings is 1. The molecule has 0 bridgehead atoms. The molecular weight excluding hydrogens is 326 g/mol. The third-order valence-corrected chi connectivity index (χ3v) is 7.63. The SMILES string of the molecule is C=CCNC(=O)c1cccc(S(=O)(=O)[C@H]2CCS(=O)(=O)C2)c1. The van der Waals surface area contributed by atoms with Gasteiger partial charge in [0.1, 0.15) is 0 Å². The molecule has 0 saturated carbocycles. The molecule has 0 aromatic heterocycles. The second kappa shape index (κ2) is 6.21. The van der Waals surface area contributed by atoms with Gasteiger partial charge in [0.15, 0.2) is 19.7 Å². The number of amides is 1. The molecule has 120 valence electrons. The summed E-state index contributed by atoms with van der Waals surface area (Å²) in [5, 5.41) is 1.62. The highest BCUT2D eigenvalue weighted by Crippen LogP contribution is 2.25. The lowest BCUT2D eigenvalue weighted by Gasteiger charge is -2.11. The first-order chi connectivity index (χ1) is 10.3. The molecule has 0 spiro atoms. The summed E-state index contributed by atoms with van der Waals surface area (Å²) in [6, 6.07) is 5.63. The Morgan fingerprint density at radius 2 is 2.14 bits per heavy atom. The Morgan fingerprint density at radius 1 is 1.41 bits per heavy atom. The second-order valence-electron chi connectivity index (χ2n) is 5.10. The number of hydrogen-bond donors (Lipinski definition) is 1. The summed E-state index contributed by atoms with van der Waals surface area (Å²) in [6.07, 6.45) is 1.61. The van der Waals surface area contributed by atoms with Crippen molar-refractivity contribution in [3.63, 3.8) is 0 Å². The molecule has 1 aromatic carbocycles. The fourth-order valence-electron chi connectivity index (χ4n) is 2.28. The quantitative estimate of drug-likeness (QED) is 0.788. The molecule has 0 radical (unpaired) electrons. The lowest BCUT2D eigenvalue weighted by Crippen LogP contribution is -2.25. The predicted octanol–water partition coefficient (Wildman–Crippen LogP) is 0.563. The smallest absolute Gasteiger partial charge is 0.251 e. The van der Waals surface area contributed by atoms with Crippen molar-refractivity contribution in [2.45, 2.75) is 16.6 Å². The summed E-state index contributed by atoms with van der Waals surface area (Å²) >= 11 is 0. The van der Waals surface area contributed by atoms with Crippen LogP contribution in [0.5, 0.6) is 0 Å². The number of carbonyl (C=O) groups is 1. The maximum Gasteiger partial charge on any atom is 0.251 e. The Kier molecular flexibility index (Phi) is 4.72. The molecule has 1 aliphatic heterocycles. The largest absolute Gasteiger partial charge is 0.349 e. The van der Waals surface area contributed by atoms with Crippen molar-refractivity contribution in [2.75, 3.05) is 18.1 Å². The van der Waals surface area contributed by atoms with Crippen molar-refractivity contribution in [1.29, 1.82) is 0 Å². The van der Waals surface area contributed by atoms with E-state index in [1.54, 1.807) is 0 Å². The van der Waals surface area contributed by atoms with Gasteiger partial charge >= 0.3 is 0 Å². The Labute approximate surface area is 130 Å². The number of sulfone groups is 2. The van der Waals surface area contributed by atoms with Gasteiger partial charge in [-0.05, 0) is 24.6 Å². The van der Waals surface area contributed by atoms with Crippen LogP contribution in [0.3, 0.4) is 0 Å². The van der Waals surface area contributed by atoms with Crippen molar-refractivity contribution < 1.29 is 21.6 Å². The predicted molar refractivity (Wildman–Crippen MR) is 83.2 cm³/mol. The summed E-state index contributed by atoms with van der Waals surface area (Å²) < 4.78 is 47.9. The van der Waals surface area contributed by atoms with Gasteiger partial charge in [-0.2, -0.15) is 0 Å². The highest BCUT2D eigenvalue weighted by Gasteiger charge is 2.38. The van der Waals surface area contributed by atoms with Gasteiger partial charge in [0, 0.05) is 12.1 Å². The minimum absolute atomic E-state index is 0.0270. The monoisotopic (exact) mass is 343 g/mol. The van der Waals surface area contributed by atoms with Crippen LogP contribution in [-0.4, -0.2) is 46.0 Å². The first-order valence-electron chi connectivity index (χ1n) is 6.70. The van der Waals surface area contributed by atoms with E-state index < -0.39 is 30.8 Å². The molecule has 0 aliphatic carbocycles. The molecule has 1 aliphatic rings.